The summed E-state index contributed by atoms with van der Waals surface area (Å²) in [7, 11) is 0. The van der Waals surface area contributed by atoms with Crippen molar-refractivity contribution >= 4 is 47.4 Å². The van der Waals surface area contributed by atoms with Crippen molar-refractivity contribution in [2.24, 2.45) is 10.7 Å². The van der Waals surface area contributed by atoms with E-state index < -0.39 is 0 Å². The molecule has 0 aliphatic carbocycles. The van der Waals surface area contributed by atoms with E-state index in [1.165, 1.54) is 11.1 Å². The van der Waals surface area contributed by atoms with Crippen LogP contribution in [0, 0.1) is 0 Å². The van der Waals surface area contributed by atoms with E-state index in [4.69, 9.17) is 5.73 Å². The molecule has 3 nitrogen and oxygen atoms in total. The number of nitrogens with one attached hydrogen (secondary N) is 1. The van der Waals surface area contributed by atoms with Crippen LogP contribution in [0.4, 0.5) is 5.69 Å². The smallest absolute Gasteiger partial charge is 0.154 e. The molecule has 0 spiro atoms. The third-order valence-corrected chi connectivity index (χ3v) is 4.81. The molecule has 1 heterocycles. The Bertz CT molecular complexity index is 679. The molecule has 2 aromatic rings. The van der Waals surface area contributed by atoms with E-state index in [1.54, 1.807) is 11.8 Å². The fraction of sp³-hybridized carbons (Fsp3) is 0.278. The zero-order valence-corrected chi connectivity index (χ0v) is 16.0. The van der Waals surface area contributed by atoms with Gasteiger partial charge in [-0.25, -0.2) is 0 Å². The summed E-state index contributed by atoms with van der Waals surface area (Å²) in [5.74, 6) is 1.02. The van der Waals surface area contributed by atoms with Gasteiger partial charge >= 0.3 is 0 Å². The lowest BCUT2D eigenvalue weighted by molar-refractivity contribution is 0.482. The van der Waals surface area contributed by atoms with Gasteiger partial charge in [0.05, 0.1) is 5.54 Å². The highest BCUT2D eigenvalue weighted by molar-refractivity contribution is 8.13. The maximum absolute atomic E-state index is 5.92. The Kier molecular flexibility index (Phi) is 7.94. The Balaban J connectivity index is 0.00000144. The molecule has 1 atom stereocenters. The molecule has 0 saturated carbocycles. The minimum absolute atomic E-state index is 0. The number of nitrogens with zero attached hydrogens (tertiary/aromatic N) is 1. The van der Waals surface area contributed by atoms with Gasteiger partial charge in [0.15, 0.2) is 5.17 Å². The molecule has 0 saturated heterocycles. The van der Waals surface area contributed by atoms with Crippen LogP contribution in [0.25, 0.3) is 0 Å². The maximum atomic E-state index is 5.92. The van der Waals surface area contributed by atoms with Crippen molar-refractivity contribution in [1.82, 2.24) is 0 Å². The number of amidine groups is 1. The number of aliphatic imine (C=N–C) groups is 1. The Hall–Kier alpha value is -1.36. The molecule has 0 amide bonds. The molecule has 24 heavy (non-hydrogen) atoms. The molecule has 130 valence electrons. The predicted octanol–water partition coefficient (Wildman–Crippen LogP) is 4.81. The van der Waals surface area contributed by atoms with Crippen LogP contribution in [-0.4, -0.2) is 10.9 Å². The number of benzene rings is 2. The molecule has 0 radical (unpaired) electrons. The molecule has 1 aliphatic rings. The van der Waals surface area contributed by atoms with E-state index in [0.717, 1.165) is 24.4 Å². The maximum Gasteiger partial charge on any atom is 0.154 e. The van der Waals surface area contributed by atoms with Crippen LogP contribution in [0.5, 0.6) is 0 Å². The monoisotopic (exact) mass is 383 g/mol. The second-order valence-corrected chi connectivity index (χ2v) is 6.86. The van der Waals surface area contributed by atoms with Crippen LogP contribution >= 0.6 is 36.6 Å². The first-order valence-corrected chi connectivity index (χ1v) is 8.51. The Morgan fingerprint density at radius 3 is 2.58 bits per heavy atom. The van der Waals surface area contributed by atoms with Gasteiger partial charge in [0.25, 0.3) is 0 Å². The van der Waals surface area contributed by atoms with Crippen molar-refractivity contribution < 1.29 is 0 Å². The predicted molar refractivity (Wildman–Crippen MR) is 111 cm³/mol. The molecular formula is C18H23Cl2N3S. The lowest BCUT2D eigenvalue weighted by Crippen LogP contribution is -2.28. The second-order valence-electron chi connectivity index (χ2n) is 5.74. The third kappa shape index (κ3) is 5.07. The molecule has 1 unspecified atom stereocenters. The van der Waals surface area contributed by atoms with Crippen molar-refractivity contribution in [1.29, 1.82) is 0 Å². The van der Waals surface area contributed by atoms with Gasteiger partial charge in [-0.2, -0.15) is 0 Å². The normalized spacial score (nSPS) is 19.5. The van der Waals surface area contributed by atoms with Crippen LogP contribution < -0.4 is 11.1 Å². The van der Waals surface area contributed by atoms with E-state index in [0.29, 0.717) is 5.17 Å². The summed E-state index contributed by atoms with van der Waals surface area (Å²) in [5, 5.41) is 4.18. The highest BCUT2D eigenvalue weighted by Gasteiger charge is 2.29. The van der Waals surface area contributed by atoms with E-state index in [1.807, 2.05) is 6.07 Å². The number of anilines is 1. The van der Waals surface area contributed by atoms with E-state index in [-0.39, 0.29) is 30.4 Å². The third-order valence-electron chi connectivity index (χ3n) is 4.02. The highest BCUT2D eigenvalue weighted by Crippen LogP contribution is 2.35. The number of hydrogen-bond donors (Lipinski definition) is 2. The van der Waals surface area contributed by atoms with Gasteiger partial charge in [0.2, 0.25) is 0 Å². The summed E-state index contributed by atoms with van der Waals surface area (Å²) in [6.07, 6.45) is 1.01. The van der Waals surface area contributed by atoms with Crippen LogP contribution in [0.2, 0.25) is 0 Å². The molecule has 3 rings (SSSR count). The Labute approximate surface area is 160 Å². The van der Waals surface area contributed by atoms with Gasteiger partial charge in [-0.3, -0.25) is 4.99 Å². The van der Waals surface area contributed by atoms with Crippen molar-refractivity contribution in [2.45, 2.75) is 25.4 Å². The molecule has 2 aromatic carbocycles. The quantitative estimate of drug-likeness (QED) is 0.796. The largest absolute Gasteiger partial charge is 0.381 e. The lowest BCUT2D eigenvalue weighted by Gasteiger charge is -2.30. The van der Waals surface area contributed by atoms with Crippen LogP contribution in [-0.2, 0) is 12.1 Å². The number of thioether (sulfide) groups is 1. The van der Waals surface area contributed by atoms with Crippen molar-refractivity contribution in [3.63, 3.8) is 0 Å². The molecule has 0 bridgehead atoms. The minimum Gasteiger partial charge on any atom is -0.381 e. The molecule has 1 aliphatic heterocycles. The topological polar surface area (TPSA) is 50.4 Å². The van der Waals surface area contributed by atoms with Crippen molar-refractivity contribution in [2.75, 3.05) is 11.1 Å². The summed E-state index contributed by atoms with van der Waals surface area (Å²) in [5.41, 5.74) is 9.32. The van der Waals surface area contributed by atoms with E-state index in [2.05, 4.69) is 65.8 Å². The highest BCUT2D eigenvalue weighted by atomic mass is 35.5. The Morgan fingerprint density at radius 1 is 1.12 bits per heavy atom. The fourth-order valence-electron chi connectivity index (χ4n) is 2.66. The minimum atomic E-state index is -0.209. The standard InChI is InChI=1S/C18H21N3S.2ClH/c1-18(10-11-22-17(19)21-18)15-8-5-9-16(12-15)20-13-14-6-3-2-4-7-14;;/h2-9,12,20H,10-11,13H2,1H3,(H2,19,21);2*1H. The average Bonchev–Trinajstić information content (AvgIpc) is 2.54. The first-order valence-electron chi connectivity index (χ1n) is 7.52. The number of halogens is 2. The average molecular weight is 384 g/mol. The molecule has 3 N–H and O–H groups in total. The summed E-state index contributed by atoms with van der Waals surface area (Å²) >= 11 is 1.64. The Morgan fingerprint density at radius 2 is 1.88 bits per heavy atom. The summed E-state index contributed by atoms with van der Waals surface area (Å²) in [6.45, 7) is 2.98. The van der Waals surface area contributed by atoms with Gasteiger partial charge in [0.1, 0.15) is 0 Å². The fourth-order valence-corrected chi connectivity index (χ4v) is 3.63. The summed E-state index contributed by atoms with van der Waals surface area (Å²) in [6, 6.07) is 18.9. The van der Waals surface area contributed by atoms with Gasteiger partial charge in [-0.1, -0.05) is 54.2 Å². The first kappa shape index (κ1) is 20.7. The van der Waals surface area contributed by atoms with Crippen LogP contribution in [0.1, 0.15) is 24.5 Å². The lowest BCUT2D eigenvalue weighted by atomic mass is 9.89. The summed E-state index contributed by atoms with van der Waals surface area (Å²) in [4.78, 5) is 4.67. The number of hydrogen-bond acceptors (Lipinski definition) is 4. The molecule has 0 fully saturated rings. The molecule has 6 heteroatoms. The van der Waals surface area contributed by atoms with Gasteiger partial charge < -0.3 is 11.1 Å². The molecular weight excluding hydrogens is 361 g/mol. The number of rotatable bonds is 4. The van der Waals surface area contributed by atoms with Crippen molar-refractivity contribution in [3.05, 3.63) is 65.7 Å². The van der Waals surface area contributed by atoms with Gasteiger partial charge in [-0.15, -0.1) is 24.8 Å². The van der Waals surface area contributed by atoms with Crippen LogP contribution in [0.3, 0.4) is 0 Å². The van der Waals surface area contributed by atoms with Gasteiger partial charge in [-0.05, 0) is 36.6 Å². The number of nitrogens with two attached hydrogens (primary N) is 1. The SMILES string of the molecule is CC1(c2cccc(NCc3ccccc3)c2)CCSC(N)=N1.Cl.Cl. The first-order chi connectivity index (χ1) is 10.7. The zero-order valence-electron chi connectivity index (χ0n) is 13.6. The van der Waals surface area contributed by atoms with E-state index >= 15 is 0 Å². The van der Waals surface area contributed by atoms with E-state index in [9.17, 15) is 0 Å². The summed E-state index contributed by atoms with van der Waals surface area (Å²) < 4.78 is 0. The second kappa shape index (κ2) is 9.21. The van der Waals surface area contributed by atoms with Gasteiger partial charge in [0, 0.05) is 18.0 Å². The molecule has 0 aromatic heterocycles. The van der Waals surface area contributed by atoms with Crippen molar-refractivity contribution in [3.8, 4) is 0 Å². The van der Waals surface area contributed by atoms with Crippen LogP contribution in [0.15, 0.2) is 59.6 Å². The zero-order chi connectivity index (χ0) is 15.4.